The second kappa shape index (κ2) is 14.4. The van der Waals surface area contributed by atoms with E-state index in [1.54, 1.807) is 6.07 Å². The smallest absolute Gasteiger partial charge is 0.376 e. The van der Waals surface area contributed by atoms with Crippen LogP contribution in [0.15, 0.2) is 24.7 Å². The van der Waals surface area contributed by atoms with Gasteiger partial charge in [0.15, 0.2) is 0 Å². The zero-order chi connectivity index (χ0) is 34.7. The van der Waals surface area contributed by atoms with Crippen molar-refractivity contribution in [2.24, 2.45) is 17.8 Å². The van der Waals surface area contributed by atoms with Gasteiger partial charge in [-0.1, -0.05) is 0 Å². The first kappa shape index (κ1) is 35.6. The van der Waals surface area contributed by atoms with E-state index in [0.717, 1.165) is 6.61 Å². The van der Waals surface area contributed by atoms with Crippen molar-refractivity contribution in [3.8, 4) is 0 Å². The molecule has 0 bridgehead atoms. The average molecular weight is 683 g/mol. The van der Waals surface area contributed by atoms with Gasteiger partial charge in [0, 0.05) is 51.1 Å². The van der Waals surface area contributed by atoms with Gasteiger partial charge in [0.2, 0.25) is 11.8 Å². The van der Waals surface area contributed by atoms with Crippen molar-refractivity contribution in [3.05, 3.63) is 41.7 Å². The largest absolute Gasteiger partial charge is 0.393 e. The van der Waals surface area contributed by atoms with E-state index in [9.17, 15) is 31.5 Å². The highest BCUT2D eigenvalue weighted by atomic mass is 19.4. The molecule has 3 atom stereocenters. The standard InChI is InChI=1S/C25H29F5N8O2.C7H14O/c1-2-37-19(5-8-33-37)22(40)35-20(14-3-6-24(26,27)7-4-14)18-13-38-23(34-18)32-12-17(36-38)10-15-9-16(25(28,29)30)11-31-21(15)39;1-7(2)5-3-4-6-8-7/h5,8,12-16,20H,2-4,6-7,9-11H2,1H3,(H,31,39)(H,35,40);3-6H2,1-2H3. The number of imidazole rings is 1. The Balaban J connectivity index is 0.000000494. The molecule has 264 valence electrons. The van der Waals surface area contributed by atoms with Gasteiger partial charge >= 0.3 is 6.18 Å². The summed E-state index contributed by atoms with van der Waals surface area (Å²) in [5, 5.41) is 13.8. The second-order valence-corrected chi connectivity index (χ2v) is 13.5. The number of ether oxygens (including phenoxy) is 1. The molecule has 2 saturated heterocycles. The number of piperidine rings is 1. The van der Waals surface area contributed by atoms with Gasteiger partial charge in [-0.2, -0.15) is 23.4 Å². The highest BCUT2D eigenvalue weighted by Crippen LogP contribution is 2.41. The van der Waals surface area contributed by atoms with E-state index in [-0.39, 0.29) is 55.8 Å². The first-order chi connectivity index (χ1) is 22.6. The second-order valence-electron chi connectivity index (χ2n) is 13.5. The highest BCUT2D eigenvalue weighted by Gasteiger charge is 2.45. The lowest BCUT2D eigenvalue weighted by atomic mass is 9.81. The predicted molar refractivity (Wildman–Crippen MR) is 164 cm³/mol. The molecular formula is C32H43F5N8O3. The first-order valence-electron chi connectivity index (χ1n) is 16.5. The summed E-state index contributed by atoms with van der Waals surface area (Å²) in [6, 6.07) is 0.849. The van der Waals surface area contributed by atoms with Crippen LogP contribution in [0.3, 0.4) is 0 Å². The summed E-state index contributed by atoms with van der Waals surface area (Å²) in [6.07, 6.45) is 3.10. The number of rotatable bonds is 7. The minimum atomic E-state index is -4.42. The number of aryl methyl sites for hydroxylation is 1. The lowest BCUT2D eigenvalue weighted by Crippen LogP contribution is -2.47. The molecule has 0 aromatic carbocycles. The fraction of sp³-hybridized carbons (Fsp3) is 0.688. The van der Waals surface area contributed by atoms with Crippen molar-refractivity contribution < 1.29 is 36.3 Å². The minimum Gasteiger partial charge on any atom is -0.376 e. The summed E-state index contributed by atoms with van der Waals surface area (Å²) in [7, 11) is 0. The monoisotopic (exact) mass is 682 g/mol. The summed E-state index contributed by atoms with van der Waals surface area (Å²) >= 11 is 0. The van der Waals surface area contributed by atoms with Crippen LogP contribution in [0.1, 0.15) is 100 Å². The maximum absolute atomic E-state index is 13.9. The minimum absolute atomic E-state index is 0.0479. The van der Waals surface area contributed by atoms with Crippen molar-refractivity contribution in [3.63, 3.8) is 0 Å². The number of hydrogen-bond donors (Lipinski definition) is 2. The molecule has 11 nitrogen and oxygen atoms in total. The number of carbonyl (C=O) groups excluding carboxylic acids is 2. The number of aromatic nitrogens is 6. The highest BCUT2D eigenvalue weighted by molar-refractivity contribution is 5.92. The summed E-state index contributed by atoms with van der Waals surface area (Å²) in [5.41, 5.74) is 1.16. The van der Waals surface area contributed by atoms with Gasteiger partial charge in [-0.15, -0.1) is 0 Å². The molecule has 1 aliphatic carbocycles. The zero-order valence-electron chi connectivity index (χ0n) is 27.4. The Morgan fingerprint density at radius 2 is 1.94 bits per heavy atom. The number of amides is 2. The Kier molecular flexibility index (Phi) is 10.7. The third-order valence-electron chi connectivity index (χ3n) is 9.39. The maximum Gasteiger partial charge on any atom is 0.393 e. The molecule has 3 aromatic rings. The van der Waals surface area contributed by atoms with Crippen LogP contribution in [-0.2, 0) is 22.5 Å². The fourth-order valence-electron chi connectivity index (χ4n) is 6.56. The lowest BCUT2D eigenvalue weighted by molar-refractivity contribution is -0.183. The molecule has 0 spiro atoms. The quantitative estimate of drug-likeness (QED) is 0.317. The molecule has 48 heavy (non-hydrogen) atoms. The van der Waals surface area contributed by atoms with Crippen molar-refractivity contribution >= 4 is 17.6 Å². The molecule has 2 aliphatic heterocycles. The third-order valence-corrected chi connectivity index (χ3v) is 9.39. The molecule has 3 aromatic heterocycles. The summed E-state index contributed by atoms with van der Waals surface area (Å²) in [5.74, 6) is -6.38. The SMILES string of the molecule is CC1(C)CCCCO1.CCn1nccc1C(=O)NC(c1cn2nc(CC3CC(C(F)(F)F)CNC3=O)cnc2n1)C1CCC(F)(F)CC1. The van der Waals surface area contributed by atoms with Gasteiger partial charge < -0.3 is 15.4 Å². The van der Waals surface area contributed by atoms with Gasteiger partial charge in [-0.3, -0.25) is 14.3 Å². The number of hydrogen-bond acceptors (Lipinski definition) is 7. The summed E-state index contributed by atoms with van der Waals surface area (Å²) < 4.78 is 75.8. The average Bonchev–Trinajstić information content (AvgIpc) is 3.68. The molecule has 3 aliphatic rings. The van der Waals surface area contributed by atoms with Crippen LogP contribution in [0.4, 0.5) is 22.0 Å². The van der Waals surface area contributed by atoms with Crippen molar-refractivity contribution in [2.75, 3.05) is 13.2 Å². The molecular weight excluding hydrogens is 639 g/mol. The Bertz CT molecular complexity index is 1550. The van der Waals surface area contributed by atoms with Crippen LogP contribution in [0.25, 0.3) is 5.78 Å². The topological polar surface area (TPSA) is 128 Å². The van der Waals surface area contributed by atoms with E-state index in [1.165, 1.54) is 47.1 Å². The van der Waals surface area contributed by atoms with E-state index < -0.39 is 48.3 Å². The Hall–Kier alpha value is -3.69. The molecule has 1 saturated carbocycles. The Morgan fingerprint density at radius 3 is 2.56 bits per heavy atom. The molecule has 16 heteroatoms. The van der Waals surface area contributed by atoms with E-state index in [2.05, 4.69) is 44.6 Å². The van der Waals surface area contributed by atoms with E-state index in [4.69, 9.17) is 4.74 Å². The summed E-state index contributed by atoms with van der Waals surface area (Å²) in [6.45, 7) is 7.13. The van der Waals surface area contributed by atoms with Crippen molar-refractivity contribution in [1.29, 1.82) is 0 Å². The van der Waals surface area contributed by atoms with Crippen molar-refractivity contribution in [2.45, 2.75) is 109 Å². The number of nitrogens with zero attached hydrogens (tertiary/aromatic N) is 6. The van der Waals surface area contributed by atoms with E-state index >= 15 is 0 Å². The number of nitrogens with one attached hydrogen (secondary N) is 2. The van der Waals surface area contributed by atoms with Gasteiger partial charge in [-0.25, -0.2) is 23.3 Å². The normalized spacial score (nSPS) is 23.5. The van der Waals surface area contributed by atoms with Crippen molar-refractivity contribution in [1.82, 2.24) is 40.0 Å². The predicted octanol–water partition coefficient (Wildman–Crippen LogP) is 5.46. The lowest BCUT2D eigenvalue weighted by Gasteiger charge is -2.33. The fourth-order valence-corrected chi connectivity index (χ4v) is 6.56. The number of fused-ring (bicyclic) bond motifs is 1. The third kappa shape index (κ3) is 8.85. The Labute approximate surface area is 275 Å². The van der Waals surface area contributed by atoms with Gasteiger partial charge in [-0.05, 0) is 71.3 Å². The van der Waals surface area contributed by atoms with Crippen LogP contribution in [0.2, 0.25) is 0 Å². The molecule has 5 heterocycles. The molecule has 3 fully saturated rings. The zero-order valence-corrected chi connectivity index (χ0v) is 27.4. The number of carbonyl (C=O) groups is 2. The maximum atomic E-state index is 13.9. The molecule has 2 amide bonds. The van der Waals surface area contributed by atoms with E-state index in [1.807, 2.05) is 6.92 Å². The molecule has 0 radical (unpaired) electrons. The molecule has 6 rings (SSSR count). The van der Waals surface area contributed by atoms with Crippen LogP contribution in [0, 0.1) is 17.8 Å². The van der Waals surface area contributed by atoms with Gasteiger partial charge in [0.05, 0.1) is 41.3 Å². The first-order valence-corrected chi connectivity index (χ1v) is 16.5. The summed E-state index contributed by atoms with van der Waals surface area (Å²) in [4.78, 5) is 34.1. The van der Waals surface area contributed by atoms with Crippen LogP contribution in [-0.4, -0.2) is 72.0 Å². The molecule has 3 unspecified atom stereocenters. The number of alkyl halides is 5. The van der Waals surface area contributed by atoms with Crippen LogP contribution in [0.5, 0.6) is 0 Å². The number of halogens is 5. The van der Waals surface area contributed by atoms with Gasteiger partial charge in [0.1, 0.15) is 5.69 Å². The molecule has 2 N–H and O–H groups in total. The van der Waals surface area contributed by atoms with E-state index in [0.29, 0.717) is 23.6 Å². The van der Waals surface area contributed by atoms with Crippen LogP contribution < -0.4 is 10.6 Å². The van der Waals surface area contributed by atoms with Gasteiger partial charge in [0.25, 0.3) is 11.7 Å². The van der Waals surface area contributed by atoms with Crippen LogP contribution >= 0.6 is 0 Å². The Morgan fingerprint density at radius 1 is 1.19 bits per heavy atom.